The molecule has 0 amide bonds. The zero-order chi connectivity index (χ0) is 12.9. The van der Waals surface area contributed by atoms with Gasteiger partial charge < -0.3 is 14.0 Å². The molecule has 17 heavy (non-hydrogen) atoms. The largest absolute Gasteiger partial charge is 0.490 e. The molecule has 0 aliphatic carbocycles. The van der Waals surface area contributed by atoms with Crippen molar-refractivity contribution in [3.63, 3.8) is 0 Å². The van der Waals surface area contributed by atoms with Crippen LogP contribution in [0.2, 0.25) is 0 Å². The van der Waals surface area contributed by atoms with Crippen LogP contribution in [0.15, 0.2) is 11.5 Å². The van der Waals surface area contributed by atoms with Crippen LogP contribution in [0.1, 0.15) is 41.5 Å². The molecule has 0 aromatic rings. The van der Waals surface area contributed by atoms with Crippen LogP contribution >= 0.6 is 0 Å². The molecule has 4 heteroatoms. The summed E-state index contributed by atoms with van der Waals surface area (Å²) in [7, 11) is -0.237. The third-order valence-electron chi connectivity index (χ3n) is 4.17. The van der Waals surface area contributed by atoms with Gasteiger partial charge in [-0.25, -0.2) is 0 Å². The van der Waals surface area contributed by atoms with Gasteiger partial charge >= 0.3 is 7.12 Å². The highest BCUT2D eigenvalue weighted by molar-refractivity contribution is 6.55. The highest BCUT2D eigenvalue weighted by Gasteiger charge is 2.54. The number of ether oxygens (including phenoxy) is 1. The quantitative estimate of drug-likeness (QED) is 0.657. The summed E-state index contributed by atoms with van der Waals surface area (Å²) < 4.78 is 17.7. The van der Waals surface area contributed by atoms with Crippen LogP contribution in [0.5, 0.6) is 0 Å². The minimum atomic E-state index is -0.271. The molecule has 2 aliphatic heterocycles. The predicted molar refractivity (Wildman–Crippen MR) is 68.8 cm³/mol. The molecular weight excluding hydrogens is 215 g/mol. The molecule has 0 aromatic heterocycles. The van der Waals surface area contributed by atoms with Crippen molar-refractivity contribution in [3.8, 4) is 0 Å². The zero-order valence-corrected chi connectivity index (χ0v) is 11.8. The fourth-order valence-corrected chi connectivity index (χ4v) is 2.21. The van der Waals surface area contributed by atoms with Gasteiger partial charge in [-0.1, -0.05) is 19.9 Å². The van der Waals surface area contributed by atoms with Crippen molar-refractivity contribution >= 4 is 7.12 Å². The Balaban J connectivity index is 2.24. The average molecular weight is 238 g/mol. The van der Waals surface area contributed by atoms with Crippen molar-refractivity contribution < 1.29 is 14.0 Å². The lowest BCUT2D eigenvalue weighted by Gasteiger charge is -2.32. The predicted octanol–water partition coefficient (Wildman–Crippen LogP) is 2.60. The number of hydrogen-bond acceptors (Lipinski definition) is 3. The maximum absolute atomic E-state index is 6.09. The summed E-state index contributed by atoms with van der Waals surface area (Å²) in [5.74, 6) is 0. The summed E-state index contributed by atoms with van der Waals surface area (Å²) in [5, 5.41) is 0. The van der Waals surface area contributed by atoms with E-state index in [0.29, 0.717) is 6.61 Å². The second-order valence-corrected chi connectivity index (χ2v) is 6.65. The summed E-state index contributed by atoms with van der Waals surface area (Å²) >= 11 is 0. The minimum Gasteiger partial charge on any atom is -0.400 e. The average Bonchev–Trinajstić information content (AvgIpc) is 2.34. The number of hydrogen-bond donors (Lipinski definition) is 0. The first-order valence-corrected chi connectivity index (χ1v) is 6.30. The Morgan fingerprint density at radius 3 is 2.00 bits per heavy atom. The monoisotopic (exact) mass is 238 g/mol. The molecule has 2 aliphatic rings. The Morgan fingerprint density at radius 1 is 1.00 bits per heavy atom. The molecule has 0 spiro atoms. The van der Waals surface area contributed by atoms with Crippen LogP contribution in [0.3, 0.4) is 0 Å². The highest BCUT2D eigenvalue weighted by Crippen LogP contribution is 2.43. The summed E-state index contributed by atoms with van der Waals surface area (Å²) in [6.07, 6.45) is 2.10. The fraction of sp³-hybridized carbons (Fsp3) is 0.846. The molecule has 0 saturated carbocycles. The van der Waals surface area contributed by atoms with Crippen LogP contribution in [0, 0.1) is 5.41 Å². The Kier molecular flexibility index (Phi) is 2.96. The standard InChI is InChI=1S/C13H23BO3/c1-11(2)9-15-8-7-10(11)14-16-12(3,4)13(5,6)17-14/h7H,8-9H2,1-6H3. The van der Waals surface area contributed by atoms with E-state index in [0.717, 1.165) is 6.61 Å². The summed E-state index contributed by atoms with van der Waals surface area (Å²) in [4.78, 5) is 0. The summed E-state index contributed by atoms with van der Waals surface area (Å²) in [6.45, 7) is 14.1. The van der Waals surface area contributed by atoms with Crippen LogP contribution in [0.4, 0.5) is 0 Å². The molecule has 0 aromatic carbocycles. The molecular formula is C13H23BO3. The Bertz CT molecular complexity index is 329. The second-order valence-electron chi connectivity index (χ2n) is 6.65. The molecule has 2 rings (SSSR count). The Morgan fingerprint density at radius 2 is 1.53 bits per heavy atom. The van der Waals surface area contributed by atoms with Gasteiger partial charge in [-0.3, -0.25) is 0 Å². The van der Waals surface area contributed by atoms with Gasteiger partial charge in [0, 0.05) is 5.41 Å². The van der Waals surface area contributed by atoms with Crippen molar-refractivity contribution in [1.29, 1.82) is 0 Å². The van der Waals surface area contributed by atoms with E-state index in [1.165, 1.54) is 5.47 Å². The Hall–Kier alpha value is -0.315. The lowest BCUT2D eigenvalue weighted by atomic mass is 9.63. The van der Waals surface area contributed by atoms with Crippen LogP contribution in [-0.4, -0.2) is 31.5 Å². The first-order chi connectivity index (χ1) is 7.66. The van der Waals surface area contributed by atoms with Gasteiger partial charge in [-0.15, -0.1) is 0 Å². The smallest absolute Gasteiger partial charge is 0.400 e. The maximum atomic E-state index is 6.09. The molecule has 0 atom stereocenters. The Labute approximate surface area is 105 Å². The van der Waals surface area contributed by atoms with Crippen LogP contribution in [-0.2, 0) is 14.0 Å². The van der Waals surface area contributed by atoms with E-state index in [4.69, 9.17) is 14.0 Å². The third kappa shape index (κ3) is 2.18. The van der Waals surface area contributed by atoms with Crippen LogP contribution in [0.25, 0.3) is 0 Å². The van der Waals surface area contributed by atoms with Crippen molar-refractivity contribution in [2.24, 2.45) is 5.41 Å². The molecule has 1 saturated heterocycles. The molecule has 0 unspecified atom stereocenters. The van der Waals surface area contributed by atoms with Gasteiger partial charge in [-0.05, 0) is 33.2 Å². The summed E-state index contributed by atoms with van der Waals surface area (Å²) in [5.41, 5.74) is 0.654. The third-order valence-corrected chi connectivity index (χ3v) is 4.17. The molecule has 1 fully saturated rings. The fourth-order valence-electron chi connectivity index (χ4n) is 2.21. The minimum absolute atomic E-state index is 0.0145. The van der Waals surface area contributed by atoms with Crippen molar-refractivity contribution in [2.75, 3.05) is 13.2 Å². The summed E-state index contributed by atoms with van der Waals surface area (Å²) in [6, 6.07) is 0. The van der Waals surface area contributed by atoms with Gasteiger partial charge in [0.15, 0.2) is 0 Å². The normalized spacial score (nSPS) is 30.2. The van der Waals surface area contributed by atoms with E-state index in [1.807, 2.05) is 0 Å². The zero-order valence-electron chi connectivity index (χ0n) is 11.8. The van der Waals surface area contributed by atoms with Gasteiger partial charge in [0.25, 0.3) is 0 Å². The first kappa shape index (κ1) is 13.1. The van der Waals surface area contributed by atoms with E-state index >= 15 is 0 Å². The number of rotatable bonds is 1. The molecule has 0 N–H and O–H groups in total. The molecule has 0 bridgehead atoms. The van der Waals surface area contributed by atoms with Gasteiger partial charge in [0.2, 0.25) is 0 Å². The molecule has 0 radical (unpaired) electrons. The SMILES string of the molecule is CC1(C)COCC=C1B1OC(C)(C)C(C)(C)O1. The second kappa shape index (κ2) is 3.84. The maximum Gasteiger partial charge on any atom is 0.490 e. The van der Waals surface area contributed by atoms with Gasteiger partial charge in [0.05, 0.1) is 24.4 Å². The lowest BCUT2D eigenvalue weighted by molar-refractivity contribution is 0.00578. The molecule has 96 valence electrons. The van der Waals surface area contributed by atoms with Crippen molar-refractivity contribution in [3.05, 3.63) is 11.5 Å². The topological polar surface area (TPSA) is 27.7 Å². The van der Waals surface area contributed by atoms with Gasteiger partial charge in [-0.2, -0.15) is 0 Å². The van der Waals surface area contributed by atoms with E-state index in [1.54, 1.807) is 0 Å². The lowest BCUT2D eigenvalue weighted by Crippen LogP contribution is -2.41. The van der Waals surface area contributed by atoms with Crippen molar-refractivity contribution in [2.45, 2.75) is 52.7 Å². The van der Waals surface area contributed by atoms with E-state index in [2.05, 4.69) is 47.6 Å². The van der Waals surface area contributed by atoms with Crippen LogP contribution < -0.4 is 0 Å². The molecule has 2 heterocycles. The van der Waals surface area contributed by atoms with Crippen molar-refractivity contribution in [1.82, 2.24) is 0 Å². The van der Waals surface area contributed by atoms with E-state index in [-0.39, 0.29) is 23.7 Å². The van der Waals surface area contributed by atoms with Gasteiger partial charge in [0.1, 0.15) is 0 Å². The van der Waals surface area contributed by atoms with E-state index in [9.17, 15) is 0 Å². The first-order valence-electron chi connectivity index (χ1n) is 6.30. The highest BCUT2D eigenvalue weighted by atomic mass is 16.7. The van der Waals surface area contributed by atoms with E-state index < -0.39 is 0 Å². The molecule has 3 nitrogen and oxygen atoms in total.